The molecule has 1 saturated carbocycles. The first kappa shape index (κ1) is 39.6. The Labute approximate surface area is 302 Å². The van der Waals surface area contributed by atoms with E-state index in [-0.39, 0.29) is 41.8 Å². The third-order valence-corrected chi connectivity index (χ3v) is 10.1. The van der Waals surface area contributed by atoms with Crippen LogP contribution in [0.4, 0.5) is 0 Å². The van der Waals surface area contributed by atoms with Gasteiger partial charge in [-0.3, -0.25) is 6.08 Å². The molecule has 0 saturated heterocycles. The minimum atomic E-state index is 0. The fraction of sp³-hybridized carbons (Fsp3) is 0.349. The fourth-order valence-electron chi connectivity index (χ4n) is 5.52. The van der Waals surface area contributed by atoms with Gasteiger partial charge in [0.05, 0.1) is 0 Å². The van der Waals surface area contributed by atoms with Crippen molar-refractivity contribution < 1.29 is 26.2 Å². The zero-order chi connectivity index (χ0) is 32.1. The summed E-state index contributed by atoms with van der Waals surface area (Å²) in [6, 6.07) is 42.4. The molecule has 0 amide bonds. The van der Waals surface area contributed by atoms with E-state index in [0.29, 0.717) is 5.92 Å². The topological polar surface area (TPSA) is 23.8 Å². The van der Waals surface area contributed by atoms with Crippen LogP contribution in [-0.4, -0.2) is 15.6 Å². The van der Waals surface area contributed by atoms with Crippen LogP contribution >= 0.6 is 0 Å². The van der Waals surface area contributed by atoms with E-state index in [4.69, 9.17) is 5.73 Å². The molecule has 0 heterocycles. The summed E-state index contributed by atoms with van der Waals surface area (Å²) in [5.41, 5.74) is 14.5. The second kappa shape index (κ2) is 23.7. The van der Waals surface area contributed by atoms with Gasteiger partial charge in [0.2, 0.25) is 0 Å². The minimum absolute atomic E-state index is 0. The van der Waals surface area contributed by atoms with E-state index in [0.717, 1.165) is 12.8 Å². The van der Waals surface area contributed by atoms with Crippen LogP contribution in [0.25, 0.3) is 16.9 Å². The second-order valence-electron chi connectivity index (χ2n) is 12.2. The van der Waals surface area contributed by atoms with Gasteiger partial charge >= 0.3 is 26.2 Å². The molecule has 0 aliphatic heterocycles. The van der Waals surface area contributed by atoms with Crippen molar-refractivity contribution in [3.8, 4) is 11.1 Å². The van der Waals surface area contributed by atoms with Crippen LogP contribution in [0, 0.1) is 12.0 Å². The summed E-state index contributed by atoms with van der Waals surface area (Å²) < 4.78 is 0. The van der Waals surface area contributed by atoms with Gasteiger partial charge in [-0.15, -0.1) is 13.0 Å². The summed E-state index contributed by atoms with van der Waals surface area (Å²) in [6.45, 7) is 8.67. The summed E-state index contributed by atoms with van der Waals surface area (Å²) in [4.78, 5) is 0. The molecule has 4 aromatic carbocycles. The first-order chi connectivity index (χ1) is 21.9. The molecule has 0 spiro atoms. The number of hydrogen-bond donors (Lipinski definition) is 0. The molecule has 1 fully saturated rings. The maximum absolute atomic E-state index is 7.68. The van der Waals surface area contributed by atoms with Crippen LogP contribution < -0.4 is 10.4 Å². The van der Waals surface area contributed by atoms with Crippen molar-refractivity contribution >= 4 is 19.9 Å². The van der Waals surface area contributed by atoms with Gasteiger partial charge in [-0.1, -0.05) is 216 Å². The zero-order valence-corrected chi connectivity index (χ0v) is 32.3. The molecule has 1 unspecified atom stereocenters. The quantitative estimate of drug-likeness (QED) is 0.150. The van der Waals surface area contributed by atoms with Gasteiger partial charge in [-0.2, -0.15) is 11.1 Å². The Balaban J connectivity index is 0.000000214. The van der Waals surface area contributed by atoms with Crippen LogP contribution in [0.5, 0.6) is 0 Å². The molecule has 2 aliphatic carbocycles. The number of rotatable bonds is 3. The largest absolute Gasteiger partial charge is 2.00 e. The maximum Gasteiger partial charge on any atom is 2.00 e. The maximum atomic E-state index is 7.68. The third-order valence-electron chi connectivity index (χ3n) is 8.66. The Bertz CT molecular complexity index is 1300. The van der Waals surface area contributed by atoms with Crippen molar-refractivity contribution in [1.82, 2.24) is 0 Å². The molecule has 4 aromatic rings. The molecule has 6 rings (SSSR count). The van der Waals surface area contributed by atoms with E-state index < -0.39 is 0 Å². The van der Waals surface area contributed by atoms with Gasteiger partial charge in [-0.25, -0.2) is 5.57 Å². The molecule has 3 heteroatoms. The molecule has 1 nitrogen and oxygen atoms in total. The summed E-state index contributed by atoms with van der Waals surface area (Å²) in [5.74, 6) is 0.560. The predicted octanol–water partition coefficient (Wildman–Crippen LogP) is 11.1. The van der Waals surface area contributed by atoms with Crippen LogP contribution in [0.2, 0.25) is 0 Å². The Morgan fingerprint density at radius 3 is 1.20 bits per heavy atom. The Kier molecular flexibility index (Phi) is 20.4. The van der Waals surface area contributed by atoms with Gasteiger partial charge in [0.15, 0.2) is 0 Å². The fourth-order valence-corrected chi connectivity index (χ4v) is 6.74. The van der Waals surface area contributed by atoms with Gasteiger partial charge < -0.3 is 5.73 Å². The van der Waals surface area contributed by atoms with Crippen molar-refractivity contribution in [1.29, 1.82) is 0 Å². The van der Waals surface area contributed by atoms with Crippen molar-refractivity contribution in [2.45, 2.75) is 91.5 Å². The van der Waals surface area contributed by atoms with E-state index in [1.54, 1.807) is 0 Å². The average Bonchev–Trinajstić information content (AvgIpc) is 3.31. The minimum Gasteiger partial charge on any atom is -0.675 e. The Morgan fingerprint density at radius 2 is 0.891 bits per heavy atom. The molecule has 2 aliphatic rings. The zero-order valence-electron chi connectivity index (χ0n) is 28.6. The number of benzene rings is 4. The summed E-state index contributed by atoms with van der Waals surface area (Å²) >= 11 is 0. The predicted molar refractivity (Wildman–Crippen MR) is 201 cm³/mol. The first-order valence-electron chi connectivity index (χ1n) is 17.0. The number of hydrogen-bond acceptors (Lipinski definition) is 0. The van der Waals surface area contributed by atoms with Crippen molar-refractivity contribution in [3.05, 3.63) is 150 Å². The number of nitrogens with one attached hydrogen (secondary N) is 1. The van der Waals surface area contributed by atoms with Crippen LogP contribution in [-0.2, 0) is 26.2 Å². The third kappa shape index (κ3) is 15.8. The molecule has 239 valence electrons. The van der Waals surface area contributed by atoms with Gasteiger partial charge in [-0.05, 0) is 11.1 Å². The average molecular weight is 704 g/mol. The van der Waals surface area contributed by atoms with E-state index in [1.165, 1.54) is 83.2 Å². The Hall–Kier alpha value is -2.58. The summed E-state index contributed by atoms with van der Waals surface area (Å²) in [6.07, 6.45) is 15.3. The monoisotopic (exact) mass is 702 g/mol. The van der Waals surface area contributed by atoms with E-state index in [9.17, 15) is 0 Å². The smallest absolute Gasteiger partial charge is 0.675 e. The van der Waals surface area contributed by atoms with Crippen LogP contribution in [0.15, 0.2) is 138 Å². The van der Waals surface area contributed by atoms with Gasteiger partial charge in [0.25, 0.3) is 0 Å². The van der Waals surface area contributed by atoms with Crippen LogP contribution in [0.1, 0.15) is 85.5 Å². The summed E-state index contributed by atoms with van der Waals surface area (Å²) in [5, 5.41) is 2.90. The van der Waals surface area contributed by atoms with E-state index in [2.05, 4.69) is 143 Å². The standard InChI is InChI=1S/C12H11Si.C12H10.C10H20N.C9H13.Zr/c1-3-7-11(8-4-1)13-12-9-5-2-6-10-12;1-3-7-11(8-4-1)12-9-5-2-6-10-12;11-10-8-6-4-2-1-3-5-7-9-10;1-6-5-7(2)9(4)8(6)3;/h1-10,13H;1-10H;10-11H,1-9H2;6H,1-4H3;/q;;2*-1;+2. The molecular weight excluding hydrogens is 650 g/mol. The van der Waals surface area contributed by atoms with Gasteiger partial charge in [0.1, 0.15) is 9.52 Å². The Morgan fingerprint density at radius 1 is 0.543 bits per heavy atom. The molecule has 46 heavy (non-hydrogen) atoms. The molecule has 1 N–H and O–H groups in total. The molecule has 0 bridgehead atoms. The molecule has 1 atom stereocenters. The van der Waals surface area contributed by atoms with Crippen molar-refractivity contribution in [2.24, 2.45) is 5.92 Å². The number of allylic oxidation sites excluding steroid dienone is 4. The van der Waals surface area contributed by atoms with E-state index >= 15 is 0 Å². The normalized spacial score (nSPS) is 16.5. The SMILES string of the molecule is CC1=[C-]C(C)C(C)=C1C.[NH-]C1CCCCCCCCC1.[Zr+2].c1ccc(-c2ccccc2)cc1.c1ccc([SiH]c2ccccc2)cc1. The van der Waals surface area contributed by atoms with Crippen LogP contribution in [0.3, 0.4) is 0 Å². The first-order valence-corrected chi connectivity index (χ1v) is 18.1. The van der Waals surface area contributed by atoms with Crippen molar-refractivity contribution in [3.63, 3.8) is 0 Å². The molecule has 1 radical (unpaired) electrons. The molecular formula is C43H54NSiZr. The van der Waals surface area contributed by atoms with Gasteiger partial charge in [0, 0.05) is 0 Å². The second-order valence-corrected chi connectivity index (χ2v) is 13.9. The molecule has 0 aromatic heterocycles. The van der Waals surface area contributed by atoms with Crippen molar-refractivity contribution in [2.75, 3.05) is 0 Å². The van der Waals surface area contributed by atoms with E-state index in [1.807, 2.05) is 12.1 Å². The summed E-state index contributed by atoms with van der Waals surface area (Å²) in [7, 11) is 0.271.